The molecule has 2 atom stereocenters. The van der Waals surface area contributed by atoms with E-state index >= 15 is 0 Å². The first-order valence-corrected chi connectivity index (χ1v) is 16.4. The van der Waals surface area contributed by atoms with E-state index in [1.165, 1.54) is 37.3 Å². The van der Waals surface area contributed by atoms with Crippen LogP contribution in [0.25, 0.3) is 0 Å². The third-order valence-electron chi connectivity index (χ3n) is 7.59. The summed E-state index contributed by atoms with van der Waals surface area (Å²) >= 11 is 0. The molecule has 3 aromatic carbocycles. The molecule has 0 heterocycles. The molecule has 0 radical (unpaired) electrons. The molecule has 11 heteroatoms. The first-order chi connectivity index (χ1) is 21.4. The Morgan fingerprint density at radius 3 is 2.09 bits per heavy atom. The molecule has 0 bridgehead atoms. The van der Waals surface area contributed by atoms with Crippen LogP contribution in [0.5, 0.6) is 17.2 Å². The maximum Gasteiger partial charge on any atom is 0.264 e. The molecule has 0 saturated carbocycles. The van der Waals surface area contributed by atoms with E-state index in [2.05, 4.69) is 5.32 Å². The fourth-order valence-electron chi connectivity index (χ4n) is 5.06. The summed E-state index contributed by atoms with van der Waals surface area (Å²) in [6.07, 6.45) is 1.04. The number of sulfonamides is 1. The summed E-state index contributed by atoms with van der Waals surface area (Å²) in [5, 5.41) is 2.99. The number of nitrogens with one attached hydrogen (secondary N) is 1. The molecule has 2 amide bonds. The number of nitrogens with zero attached hydrogens (tertiary/aromatic N) is 2. The van der Waals surface area contributed by atoms with Crippen molar-refractivity contribution in [2.45, 2.75) is 71.0 Å². The summed E-state index contributed by atoms with van der Waals surface area (Å²) < 4.78 is 45.8. The Labute approximate surface area is 267 Å². The molecule has 0 fully saturated rings. The third kappa shape index (κ3) is 8.69. The van der Waals surface area contributed by atoms with Crippen LogP contribution in [0.4, 0.5) is 5.69 Å². The summed E-state index contributed by atoms with van der Waals surface area (Å²) in [6, 6.07) is 15.9. The number of ether oxygens (including phenoxy) is 3. The first kappa shape index (κ1) is 35.2. The zero-order valence-electron chi connectivity index (χ0n) is 27.4. The van der Waals surface area contributed by atoms with Crippen LogP contribution in [-0.2, 0) is 26.2 Å². The molecule has 10 nitrogen and oxygen atoms in total. The lowest BCUT2D eigenvalue weighted by Gasteiger charge is -2.34. The molecule has 3 rings (SSSR count). The van der Waals surface area contributed by atoms with Gasteiger partial charge in [0, 0.05) is 18.7 Å². The zero-order chi connectivity index (χ0) is 33.3. The zero-order valence-corrected chi connectivity index (χ0v) is 28.2. The topological polar surface area (TPSA) is 114 Å². The van der Waals surface area contributed by atoms with Crippen molar-refractivity contribution >= 4 is 27.5 Å². The lowest BCUT2D eigenvalue weighted by Crippen LogP contribution is -2.53. The number of anilines is 1. The molecule has 244 valence electrons. The fourth-order valence-corrected chi connectivity index (χ4v) is 6.47. The van der Waals surface area contributed by atoms with Gasteiger partial charge < -0.3 is 24.4 Å². The highest BCUT2D eigenvalue weighted by Crippen LogP contribution is 2.33. The Kier molecular flexibility index (Phi) is 12.3. The number of carbonyl (C=O) groups is 2. The maximum absolute atomic E-state index is 14.4. The van der Waals surface area contributed by atoms with Crippen molar-refractivity contribution in [3.8, 4) is 17.2 Å². The minimum Gasteiger partial charge on any atom is -0.497 e. The molecule has 0 unspecified atom stereocenters. The number of rotatable bonds is 15. The minimum atomic E-state index is -4.30. The molecule has 0 aliphatic carbocycles. The molecular formula is C34H45N3O7S. The van der Waals surface area contributed by atoms with E-state index in [1.54, 1.807) is 37.4 Å². The van der Waals surface area contributed by atoms with Crippen LogP contribution in [0.3, 0.4) is 0 Å². The van der Waals surface area contributed by atoms with E-state index in [9.17, 15) is 18.0 Å². The second-order valence-electron chi connectivity index (χ2n) is 11.0. The standard InChI is InChI=1S/C34H45N3O7S/c1-9-25(5)35-34(39)30(10-2)36(21-26-12-11-13-28(19-26)42-6)33(38)22-37(27-17-23(3)16-24(4)18-27)45(40,41)29-14-15-31(43-7)32(20-29)44-8/h11-20,25,30H,9-10,21-22H2,1-8H3,(H,35,39)/t25-,30+/m1/s1. The second-order valence-corrected chi connectivity index (χ2v) is 12.9. The smallest absolute Gasteiger partial charge is 0.264 e. The quantitative estimate of drug-likeness (QED) is 0.242. The summed E-state index contributed by atoms with van der Waals surface area (Å²) in [7, 11) is 0.135. The van der Waals surface area contributed by atoms with Gasteiger partial charge in [-0.25, -0.2) is 8.42 Å². The molecule has 0 aromatic heterocycles. The van der Waals surface area contributed by atoms with Crippen LogP contribution in [0.15, 0.2) is 65.6 Å². The normalized spacial score (nSPS) is 12.5. The van der Waals surface area contributed by atoms with Gasteiger partial charge in [-0.1, -0.05) is 32.0 Å². The van der Waals surface area contributed by atoms with Crippen LogP contribution in [-0.4, -0.2) is 65.1 Å². The number of hydrogen-bond donors (Lipinski definition) is 1. The van der Waals surface area contributed by atoms with Gasteiger partial charge in [-0.2, -0.15) is 0 Å². The van der Waals surface area contributed by atoms with Gasteiger partial charge >= 0.3 is 0 Å². The summed E-state index contributed by atoms with van der Waals surface area (Å²) in [6.45, 7) is 8.94. The van der Waals surface area contributed by atoms with E-state index < -0.39 is 28.5 Å². The molecular weight excluding hydrogens is 594 g/mol. The van der Waals surface area contributed by atoms with E-state index in [0.29, 0.717) is 23.6 Å². The van der Waals surface area contributed by atoms with Gasteiger partial charge in [-0.05, 0) is 86.7 Å². The number of amides is 2. The van der Waals surface area contributed by atoms with E-state index in [-0.39, 0.29) is 29.1 Å². The Bertz CT molecular complexity index is 1570. The average Bonchev–Trinajstić information content (AvgIpc) is 3.02. The van der Waals surface area contributed by atoms with Crippen molar-refractivity contribution in [2.24, 2.45) is 0 Å². The van der Waals surface area contributed by atoms with E-state index in [0.717, 1.165) is 27.4 Å². The van der Waals surface area contributed by atoms with E-state index in [1.807, 2.05) is 46.8 Å². The van der Waals surface area contributed by atoms with Gasteiger partial charge in [0.15, 0.2) is 11.5 Å². The highest BCUT2D eigenvalue weighted by molar-refractivity contribution is 7.92. The molecule has 0 aliphatic heterocycles. The SMILES string of the molecule is CC[C@@H](C)NC(=O)[C@H](CC)N(Cc1cccc(OC)c1)C(=O)CN(c1cc(C)cc(C)c1)S(=O)(=O)c1ccc(OC)c(OC)c1. The molecule has 3 aromatic rings. The van der Waals surface area contributed by atoms with E-state index in [4.69, 9.17) is 14.2 Å². The summed E-state index contributed by atoms with van der Waals surface area (Å²) in [4.78, 5) is 29.3. The van der Waals surface area contributed by atoms with Crippen molar-refractivity contribution in [1.29, 1.82) is 0 Å². The number of methoxy groups -OCH3 is 3. The molecule has 45 heavy (non-hydrogen) atoms. The summed E-state index contributed by atoms with van der Waals surface area (Å²) in [5.41, 5.74) is 2.72. The minimum absolute atomic E-state index is 0.0690. The van der Waals surface area contributed by atoms with Crippen LogP contribution in [0, 0.1) is 13.8 Å². The molecule has 0 spiro atoms. The predicted octanol–water partition coefficient (Wildman–Crippen LogP) is 5.25. The van der Waals surface area contributed by atoms with Crippen molar-refractivity contribution in [1.82, 2.24) is 10.2 Å². The molecule has 0 aliphatic rings. The largest absolute Gasteiger partial charge is 0.497 e. The van der Waals surface area contributed by atoms with Crippen molar-refractivity contribution in [3.63, 3.8) is 0 Å². The number of carbonyl (C=O) groups excluding carboxylic acids is 2. The monoisotopic (exact) mass is 639 g/mol. The highest BCUT2D eigenvalue weighted by atomic mass is 32.2. The van der Waals surface area contributed by atoms with Gasteiger partial charge in [0.05, 0.1) is 31.9 Å². The van der Waals surface area contributed by atoms with Crippen molar-refractivity contribution in [3.05, 3.63) is 77.4 Å². The van der Waals surface area contributed by atoms with Gasteiger partial charge in [0.1, 0.15) is 18.3 Å². The maximum atomic E-state index is 14.4. The van der Waals surface area contributed by atoms with Crippen molar-refractivity contribution < 1.29 is 32.2 Å². The van der Waals surface area contributed by atoms with Crippen LogP contribution in [0.2, 0.25) is 0 Å². The molecule has 1 N–H and O–H groups in total. The Morgan fingerprint density at radius 2 is 1.51 bits per heavy atom. The predicted molar refractivity (Wildman–Crippen MR) is 176 cm³/mol. The summed E-state index contributed by atoms with van der Waals surface area (Å²) in [5.74, 6) is 0.367. The van der Waals surface area contributed by atoms with Crippen molar-refractivity contribution in [2.75, 3.05) is 32.2 Å². The highest BCUT2D eigenvalue weighted by Gasteiger charge is 2.34. The lowest BCUT2D eigenvalue weighted by atomic mass is 10.1. The molecule has 0 saturated heterocycles. The second kappa shape index (κ2) is 15.7. The number of benzene rings is 3. The third-order valence-corrected chi connectivity index (χ3v) is 9.36. The Balaban J connectivity index is 2.15. The average molecular weight is 640 g/mol. The fraction of sp³-hybridized carbons (Fsp3) is 0.412. The number of aryl methyl sites for hydroxylation is 2. The van der Waals surface area contributed by atoms with Gasteiger partial charge in [0.25, 0.3) is 10.0 Å². The van der Waals surface area contributed by atoms with Gasteiger partial charge in [-0.3, -0.25) is 13.9 Å². The van der Waals surface area contributed by atoms with Crippen LogP contribution in [0.1, 0.15) is 50.3 Å². The Morgan fingerprint density at radius 1 is 0.844 bits per heavy atom. The Hall–Kier alpha value is -4.25. The number of hydrogen-bond acceptors (Lipinski definition) is 7. The first-order valence-electron chi connectivity index (χ1n) is 14.9. The van der Waals surface area contributed by atoms with Crippen LogP contribution < -0.4 is 23.8 Å². The lowest BCUT2D eigenvalue weighted by molar-refractivity contribution is -0.140. The van der Waals surface area contributed by atoms with Gasteiger partial charge in [0.2, 0.25) is 11.8 Å². The van der Waals surface area contributed by atoms with Crippen LogP contribution >= 0.6 is 0 Å². The van der Waals surface area contributed by atoms with Gasteiger partial charge in [-0.15, -0.1) is 0 Å².